The van der Waals surface area contributed by atoms with Crippen LogP contribution in [-0.2, 0) is 4.79 Å². The molecule has 0 bridgehead atoms. The van der Waals surface area contributed by atoms with Crippen molar-refractivity contribution in [2.45, 2.75) is 32.7 Å². The molecule has 0 aromatic rings. The number of rotatable bonds is 2. The predicted octanol–water partition coefficient (Wildman–Crippen LogP) is 0.853. The van der Waals surface area contributed by atoms with Crippen LogP contribution < -0.4 is 5.32 Å². The zero-order valence-electron chi connectivity index (χ0n) is 9.34. The van der Waals surface area contributed by atoms with E-state index in [0.29, 0.717) is 11.9 Å². The molecule has 0 aromatic heterocycles. The Bertz CT molecular complexity index is 244. The molecule has 1 saturated carbocycles. The van der Waals surface area contributed by atoms with Gasteiger partial charge in [0.05, 0.1) is 0 Å². The van der Waals surface area contributed by atoms with E-state index in [1.54, 1.807) is 0 Å². The molecule has 2 aliphatic rings. The standard InChI is InChI=1S/C11H20N2O/c1-11(2)6-9(11)10(14)13(3)8-4-5-12-7-8/h8-9,12H,4-7H2,1-3H3/t8-,9+/m1/s1. The highest BCUT2D eigenvalue weighted by Crippen LogP contribution is 2.52. The zero-order chi connectivity index (χ0) is 10.3. The van der Waals surface area contributed by atoms with E-state index in [4.69, 9.17) is 0 Å². The minimum absolute atomic E-state index is 0.261. The molecule has 2 atom stereocenters. The summed E-state index contributed by atoms with van der Waals surface area (Å²) in [5.41, 5.74) is 0.261. The van der Waals surface area contributed by atoms with Gasteiger partial charge in [0, 0.05) is 25.6 Å². The van der Waals surface area contributed by atoms with Crippen LogP contribution in [0.2, 0.25) is 0 Å². The van der Waals surface area contributed by atoms with Crippen LogP contribution >= 0.6 is 0 Å². The molecule has 0 radical (unpaired) electrons. The molecule has 0 unspecified atom stereocenters. The van der Waals surface area contributed by atoms with Crippen molar-refractivity contribution in [1.82, 2.24) is 10.2 Å². The smallest absolute Gasteiger partial charge is 0.226 e. The molecule has 1 N–H and O–H groups in total. The predicted molar refractivity (Wildman–Crippen MR) is 55.9 cm³/mol. The Morgan fingerprint density at radius 2 is 2.14 bits per heavy atom. The van der Waals surface area contributed by atoms with Crippen molar-refractivity contribution >= 4 is 5.91 Å². The fraction of sp³-hybridized carbons (Fsp3) is 0.909. The van der Waals surface area contributed by atoms with Gasteiger partial charge in [-0.05, 0) is 24.8 Å². The molecule has 1 saturated heterocycles. The summed E-state index contributed by atoms with van der Waals surface area (Å²) in [6.07, 6.45) is 2.17. The molecule has 0 aromatic carbocycles. The largest absolute Gasteiger partial charge is 0.341 e. The average Bonchev–Trinajstić information content (AvgIpc) is 2.60. The quantitative estimate of drug-likeness (QED) is 0.710. The van der Waals surface area contributed by atoms with E-state index in [-0.39, 0.29) is 11.3 Å². The monoisotopic (exact) mass is 196 g/mol. The first kappa shape index (κ1) is 9.97. The van der Waals surface area contributed by atoms with Gasteiger partial charge in [-0.15, -0.1) is 0 Å². The average molecular weight is 196 g/mol. The van der Waals surface area contributed by atoms with Gasteiger partial charge >= 0.3 is 0 Å². The first-order chi connectivity index (χ1) is 6.52. The number of likely N-dealkylation sites (N-methyl/N-ethyl adjacent to an activating group) is 1. The summed E-state index contributed by atoms with van der Waals surface area (Å²) >= 11 is 0. The lowest BCUT2D eigenvalue weighted by atomic mass is 10.1. The van der Waals surface area contributed by atoms with Gasteiger partial charge in [-0.2, -0.15) is 0 Å². The van der Waals surface area contributed by atoms with Crippen molar-refractivity contribution in [2.75, 3.05) is 20.1 Å². The van der Waals surface area contributed by atoms with Crippen LogP contribution in [0.25, 0.3) is 0 Å². The van der Waals surface area contributed by atoms with Gasteiger partial charge in [-0.1, -0.05) is 13.8 Å². The van der Waals surface area contributed by atoms with Crippen molar-refractivity contribution in [3.05, 3.63) is 0 Å². The molecule has 1 amide bonds. The van der Waals surface area contributed by atoms with E-state index in [1.165, 1.54) is 0 Å². The van der Waals surface area contributed by atoms with Gasteiger partial charge in [-0.3, -0.25) is 4.79 Å². The number of nitrogens with one attached hydrogen (secondary N) is 1. The summed E-state index contributed by atoms with van der Waals surface area (Å²) in [7, 11) is 1.95. The van der Waals surface area contributed by atoms with Crippen molar-refractivity contribution in [3.63, 3.8) is 0 Å². The second kappa shape index (κ2) is 3.23. The Balaban J connectivity index is 1.91. The number of amides is 1. The van der Waals surface area contributed by atoms with Crippen LogP contribution in [0.4, 0.5) is 0 Å². The van der Waals surface area contributed by atoms with Crippen molar-refractivity contribution in [2.24, 2.45) is 11.3 Å². The Morgan fingerprint density at radius 3 is 2.57 bits per heavy atom. The first-order valence-electron chi connectivity index (χ1n) is 5.50. The molecule has 3 heteroatoms. The number of carbonyl (C=O) groups is 1. The van der Waals surface area contributed by atoms with Crippen molar-refractivity contribution < 1.29 is 4.79 Å². The third-order valence-corrected chi connectivity index (χ3v) is 3.74. The topological polar surface area (TPSA) is 32.3 Å². The van der Waals surface area contributed by atoms with E-state index in [9.17, 15) is 4.79 Å². The maximum atomic E-state index is 12.0. The lowest BCUT2D eigenvalue weighted by Crippen LogP contribution is -2.39. The van der Waals surface area contributed by atoms with Crippen LogP contribution in [0.3, 0.4) is 0 Å². The van der Waals surface area contributed by atoms with E-state index >= 15 is 0 Å². The van der Waals surface area contributed by atoms with Crippen LogP contribution in [0.5, 0.6) is 0 Å². The summed E-state index contributed by atoms with van der Waals surface area (Å²) in [6, 6.07) is 0.430. The summed E-state index contributed by atoms with van der Waals surface area (Å²) in [4.78, 5) is 14.0. The number of hydrogen-bond donors (Lipinski definition) is 1. The van der Waals surface area contributed by atoms with Gasteiger partial charge in [0.1, 0.15) is 0 Å². The maximum Gasteiger partial charge on any atom is 0.226 e. The van der Waals surface area contributed by atoms with Gasteiger partial charge in [-0.25, -0.2) is 0 Å². The Morgan fingerprint density at radius 1 is 1.50 bits per heavy atom. The fourth-order valence-corrected chi connectivity index (χ4v) is 2.28. The Labute approximate surface area is 85.8 Å². The third kappa shape index (κ3) is 1.65. The van der Waals surface area contributed by atoms with Crippen LogP contribution in [0, 0.1) is 11.3 Å². The molecule has 2 fully saturated rings. The van der Waals surface area contributed by atoms with E-state index in [0.717, 1.165) is 25.9 Å². The van der Waals surface area contributed by atoms with Gasteiger partial charge in [0.2, 0.25) is 5.91 Å². The highest BCUT2D eigenvalue weighted by Gasteiger charge is 2.52. The number of carbonyl (C=O) groups excluding carboxylic acids is 1. The van der Waals surface area contributed by atoms with Crippen LogP contribution in [0.1, 0.15) is 26.7 Å². The maximum absolute atomic E-state index is 12.0. The third-order valence-electron chi connectivity index (χ3n) is 3.74. The normalized spacial score (nSPS) is 34.2. The molecule has 1 aliphatic heterocycles. The van der Waals surface area contributed by atoms with Crippen molar-refractivity contribution in [3.8, 4) is 0 Å². The minimum atomic E-state index is 0.261. The molecular formula is C11H20N2O. The van der Waals surface area contributed by atoms with E-state index in [2.05, 4.69) is 19.2 Å². The van der Waals surface area contributed by atoms with E-state index in [1.807, 2.05) is 11.9 Å². The molecule has 1 heterocycles. The first-order valence-corrected chi connectivity index (χ1v) is 5.50. The molecule has 14 heavy (non-hydrogen) atoms. The summed E-state index contributed by atoms with van der Waals surface area (Å²) in [5, 5.41) is 3.29. The van der Waals surface area contributed by atoms with Gasteiger partial charge in [0.15, 0.2) is 0 Å². The second-order valence-electron chi connectivity index (χ2n) is 5.34. The minimum Gasteiger partial charge on any atom is -0.341 e. The van der Waals surface area contributed by atoms with Gasteiger partial charge < -0.3 is 10.2 Å². The molecule has 0 spiro atoms. The molecule has 3 nitrogen and oxygen atoms in total. The van der Waals surface area contributed by atoms with Crippen LogP contribution in [0.15, 0.2) is 0 Å². The zero-order valence-corrected chi connectivity index (χ0v) is 9.34. The Hall–Kier alpha value is -0.570. The van der Waals surface area contributed by atoms with E-state index < -0.39 is 0 Å². The van der Waals surface area contributed by atoms with Gasteiger partial charge in [0.25, 0.3) is 0 Å². The summed E-state index contributed by atoms with van der Waals surface area (Å²) < 4.78 is 0. The summed E-state index contributed by atoms with van der Waals surface area (Å²) in [5.74, 6) is 0.636. The lowest BCUT2D eigenvalue weighted by Gasteiger charge is -2.24. The highest BCUT2D eigenvalue weighted by molar-refractivity contribution is 5.82. The fourth-order valence-electron chi connectivity index (χ4n) is 2.28. The molecule has 80 valence electrons. The number of hydrogen-bond acceptors (Lipinski definition) is 2. The molecular weight excluding hydrogens is 176 g/mol. The second-order valence-corrected chi connectivity index (χ2v) is 5.34. The summed E-state index contributed by atoms with van der Waals surface area (Å²) in [6.45, 7) is 6.37. The van der Waals surface area contributed by atoms with Crippen molar-refractivity contribution in [1.29, 1.82) is 0 Å². The molecule has 1 aliphatic carbocycles. The molecule has 2 rings (SSSR count). The highest BCUT2D eigenvalue weighted by atomic mass is 16.2. The lowest BCUT2D eigenvalue weighted by molar-refractivity contribution is -0.133. The van der Waals surface area contributed by atoms with Crippen LogP contribution in [-0.4, -0.2) is 37.0 Å². The number of nitrogens with zero attached hydrogens (tertiary/aromatic N) is 1. The SMILES string of the molecule is CN(C(=O)[C@@H]1CC1(C)C)[C@@H]1CCNC1. The Kier molecular flexibility index (Phi) is 2.30.